The second-order valence-corrected chi connectivity index (χ2v) is 4.33. The van der Waals surface area contributed by atoms with Crippen molar-refractivity contribution in [3.05, 3.63) is 35.4 Å². The molecule has 0 spiro atoms. The Morgan fingerprint density at radius 1 is 1.13 bits per heavy atom. The minimum Gasteiger partial charge on any atom is -0.496 e. The second-order valence-electron chi connectivity index (χ2n) is 4.33. The van der Waals surface area contributed by atoms with Crippen molar-refractivity contribution in [2.45, 2.75) is 18.0 Å². The first kappa shape index (κ1) is 18.8. The lowest BCUT2D eigenvalue weighted by Crippen LogP contribution is -2.53. The van der Waals surface area contributed by atoms with Crippen molar-refractivity contribution >= 4 is 12.0 Å². The molecule has 0 aliphatic rings. The van der Waals surface area contributed by atoms with Crippen LogP contribution in [0.4, 0.5) is 26.3 Å². The molecule has 0 saturated carbocycles. The Bertz CT molecular complexity index is 604. The third-order valence-corrected chi connectivity index (χ3v) is 2.87. The van der Waals surface area contributed by atoms with Crippen molar-refractivity contribution in [2.75, 3.05) is 7.11 Å². The van der Waals surface area contributed by atoms with Crippen molar-refractivity contribution in [3.8, 4) is 5.75 Å². The van der Waals surface area contributed by atoms with Crippen LogP contribution in [0.5, 0.6) is 5.75 Å². The molecule has 0 radical (unpaired) electrons. The number of carbonyl (C=O) groups is 1. The van der Waals surface area contributed by atoms with Crippen molar-refractivity contribution in [1.29, 1.82) is 0 Å². The molecule has 2 N–H and O–H groups in total. The quantitative estimate of drug-likeness (QED) is 0.651. The van der Waals surface area contributed by atoms with E-state index in [1.807, 2.05) is 0 Å². The summed E-state index contributed by atoms with van der Waals surface area (Å²) in [4.78, 5) is 10.4. The molecule has 0 aliphatic heterocycles. The minimum absolute atomic E-state index is 0.169. The van der Waals surface area contributed by atoms with E-state index in [0.29, 0.717) is 18.2 Å². The van der Waals surface area contributed by atoms with Gasteiger partial charge in [-0.25, -0.2) is 4.79 Å². The molecule has 4 nitrogen and oxygen atoms in total. The highest BCUT2D eigenvalue weighted by Crippen LogP contribution is 2.50. The number of ether oxygens (including phenoxy) is 1. The van der Waals surface area contributed by atoms with Crippen LogP contribution in [0.3, 0.4) is 0 Å². The van der Waals surface area contributed by atoms with E-state index in [1.54, 1.807) is 0 Å². The predicted molar refractivity (Wildman–Crippen MR) is 65.7 cm³/mol. The number of alkyl halides is 6. The highest BCUT2D eigenvalue weighted by Gasteiger charge is 2.71. The summed E-state index contributed by atoms with van der Waals surface area (Å²) >= 11 is 0. The molecular formula is C13H10F6O4. The fourth-order valence-electron chi connectivity index (χ4n) is 1.74. The van der Waals surface area contributed by atoms with Crippen LogP contribution in [-0.2, 0) is 10.4 Å². The number of methoxy groups -OCH3 is 1. The summed E-state index contributed by atoms with van der Waals surface area (Å²) in [7, 11) is 1.09. The Morgan fingerprint density at radius 3 is 2.04 bits per heavy atom. The average molecular weight is 344 g/mol. The molecule has 1 aromatic rings. The van der Waals surface area contributed by atoms with E-state index in [2.05, 4.69) is 0 Å². The number of rotatable bonds is 4. The van der Waals surface area contributed by atoms with Crippen molar-refractivity contribution in [3.63, 3.8) is 0 Å². The zero-order valence-electron chi connectivity index (χ0n) is 11.4. The molecule has 0 bridgehead atoms. The second kappa shape index (κ2) is 6.11. The van der Waals surface area contributed by atoms with E-state index < -0.39 is 29.5 Å². The van der Waals surface area contributed by atoms with Crippen LogP contribution in [-0.4, -0.2) is 35.6 Å². The highest BCUT2D eigenvalue weighted by molar-refractivity contribution is 5.86. The van der Waals surface area contributed by atoms with E-state index in [9.17, 15) is 36.2 Å². The summed E-state index contributed by atoms with van der Waals surface area (Å²) in [6.45, 7) is 0. The van der Waals surface area contributed by atoms with Gasteiger partial charge in [-0.05, 0) is 18.2 Å². The van der Waals surface area contributed by atoms with E-state index >= 15 is 0 Å². The van der Waals surface area contributed by atoms with E-state index in [4.69, 9.17) is 9.84 Å². The molecule has 0 heterocycles. The lowest BCUT2D eigenvalue weighted by atomic mass is 9.90. The Morgan fingerprint density at radius 2 is 1.65 bits per heavy atom. The molecule has 0 fully saturated rings. The Kier molecular flexibility index (Phi) is 5.00. The van der Waals surface area contributed by atoms with Gasteiger partial charge in [0, 0.05) is 17.2 Å². The maximum atomic E-state index is 12.8. The number of carboxylic acid groups (broad SMARTS) is 1. The molecule has 0 saturated heterocycles. The van der Waals surface area contributed by atoms with Crippen LogP contribution in [0.2, 0.25) is 0 Å². The minimum atomic E-state index is -6.03. The third-order valence-electron chi connectivity index (χ3n) is 2.87. The predicted octanol–water partition coefficient (Wildman–Crippen LogP) is 3.11. The number of hydrogen-bond acceptors (Lipinski definition) is 3. The maximum absolute atomic E-state index is 12.8. The fourth-order valence-corrected chi connectivity index (χ4v) is 1.74. The summed E-state index contributed by atoms with van der Waals surface area (Å²) in [6, 6.07) is 1.52. The number of carboxylic acids is 1. The number of benzene rings is 1. The monoisotopic (exact) mass is 344 g/mol. The lowest BCUT2D eigenvalue weighted by Gasteiger charge is -2.33. The number of halogens is 6. The van der Waals surface area contributed by atoms with Crippen LogP contribution in [0, 0.1) is 0 Å². The van der Waals surface area contributed by atoms with Gasteiger partial charge in [-0.15, -0.1) is 0 Å². The molecule has 23 heavy (non-hydrogen) atoms. The van der Waals surface area contributed by atoms with Crippen LogP contribution in [0.25, 0.3) is 6.08 Å². The Hall–Kier alpha value is -2.23. The normalized spacial score (nSPS) is 13.4. The van der Waals surface area contributed by atoms with Gasteiger partial charge in [0.15, 0.2) is 0 Å². The van der Waals surface area contributed by atoms with Gasteiger partial charge in [-0.2, -0.15) is 26.3 Å². The Labute approximate surface area is 125 Å². The molecule has 0 amide bonds. The van der Waals surface area contributed by atoms with Gasteiger partial charge in [-0.3, -0.25) is 0 Å². The average Bonchev–Trinajstić information content (AvgIpc) is 2.41. The summed E-state index contributed by atoms with van der Waals surface area (Å²) < 4.78 is 81.5. The SMILES string of the molecule is COc1ccc(C(O)(C(F)(F)F)C(F)(F)F)cc1/C=C/C(=O)O. The van der Waals surface area contributed by atoms with Crippen molar-refractivity contribution in [2.24, 2.45) is 0 Å². The van der Waals surface area contributed by atoms with Gasteiger partial charge < -0.3 is 14.9 Å². The third kappa shape index (κ3) is 3.58. The van der Waals surface area contributed by atoms with Crippen LogP contribution in [0.1, 0.15) is 11.1 Å². The van der Waals surface area contributed by atoms with Crippen molar-refractivity contribution < 1.29 is 46.1 Å². The summed E-state index contributed by atoms with van der Waals surface area (Å²) in [5, 5.41) is 17.8. The Balaban J connectivity index is 3.58. The zero-order valence-corrected chi connectivity index (χ0v) is 11.4. The van der Waals surface area contributed by atoms with Gasteiger partial charge in [0.2, 0.25) is 0 Å². The topological polar surface area (TPSA) is 66.8 Å². The molecule has 0 unspecified atom stereocenters. The molecule has 0 aromatic heterocycles. The number of aliphatic hydroxyl groups is 1. The van der Waals surface area contributed by atoms with Gasteiger partial charge in [0.1, 0.15) is 5.75 Å². The van der Waals surface area contributed by atoms with Gasteiger partial charge in [-0.1, -0.05) is 6.07 Å². The first-order chi connectivity index (χ1) is 10.3. The van der Waals surface area contributed by atoms with Crippen LogP contribution < -0.4 is 4.74 Å². The molecule has 1 rings (SSSR count). The maximum Gasteiger partial charge on any atom is 0.430 e. The standard InChI is InChI=1S/C13H10F6O4/c1-23-9-4-3-8(6-7(9)2-5-10(20)21)11(22,12(14,15)16)13(17,18)19/h2-6,22H,1H3,(H,20,21)/b5-2+. The van der Waals surface area contributed by atoms with Gasteiger partial charge in [0.25, 0.3) is 5.60 Å². The van der Waals surface area contributed by atoms with E-state index in [-0.39, 0.29) is 11.3 Å². The molecule has 0 aliphatic carbocycles. The van der Waals surface area contributed by atoms with Gasteiger partial charge in [0.05, 0.1) is 7.11 Å². The first-order valence-electron chi connectivity index (χ1n) is 5.80. The summed E-state index contributed by atoms with van der Waals surface area (Å²) in [5.74, 6) is -1.64. The highest BCUT2D eigenvalue weighted by atomic mass is 19.4. The molecular weight excluding hydrogens is 334 g/mol. The summed E-state index contributed by atoms with van der Waals surface area (Å²) in [5.41, 5.74) is -6.99. The molecule has 0 atom stereocenters. The molecule has 10 heteroatoms. The van der Waals surface area contributed by atoms with Crippen LogP contribution in [0.15, 0.2) is 24.3 Å². The summed E-state index contributed by atoms with van der Waals surface area (Å²) in [6.07, 6.45) is -10.8. The zero-order chi connectivity index (χ0) is 18.1. The van der Waals surface area contributed by atoms with Crippen molar-refractivity contribution in [1.82, 2.24) is 0 Å². The number of aliphatic carboxylic acids is 1. The molecule has 128 valence electrons. The lowest BCUT2D eigenvalue weighted by molar-refractivity contribution is -0.376. The van der Waals surface area contributed by atoms with Crippen LogP contribution >= 0.6 is 0 Å². The van der Waals surface area contributed by atoms with E-state index in [1.165, 1.54) is 0 Å². The fraction of sp³-hybridized carbons (Fsp3) is 0.308. The first-order valence-corrected chi connectivity index (χ1v) is 5.80. The molecule has 1 aromatic carbocycles. The largest absolute Gasteiger partial charge is 0.496 e. The van der Waals surface area contributed by atoms with Gasteiger partial charge >= 0.3 is 18.3 Å². The smallest absolute Gasteiger partial charge is 0.430 e. The number of hydrogen-bond donors (Lipinski definition) is 2. The van der Waals surface area contributed by atoms with E-state index in [0.717, 1.165) is 19.3 Å².